The van der Waals surface area contributed by atoms with Crippen molar-refractivity contribution in [2.45, 2.75) is 54.6 Å². The van der Waals surface area contributed by atoms with Gasteiger partial charge in [0.15, 0.2) is 5.16 Å². The van der Waals surface area contributed by atoms with E-state index in [4.69, 9.17) is 16.3 Å². The fourth-order valence-electron chi connectivity index (χ4n) is 3.61. The maximum absolute atomic E-state index is 13.3. The average molecular weight is 474 g/mol. The summed E-state index contributed by atoms with van der Waals surface area (Å²) in [5, 5.41) is 7.70. The molecule has 0 unspecified atom stereocenters. The fraction of sp³-hybridized carbons (Fsp3) is 0.348. The van der Waals surface area contributed by atoms with Gasteiger partial charge in [0.1, 0.15) is 11.6 Å². The second kappa shape index (κ2) is 10.8. The number of rotatable bonds is 7. The first-order chi connectivity index (χ1) is 15.6. The van der Waals surface area contributed by atoms with Gasteiger partial charge in [-0.05, 0) is 67.1 Å². The lowest BCUT2D eigenvalue weighted by Gasteiger charge is -2.17. The third-order valence-electron chi connectivity index (χ3n) is 5.23. The van der Waals surface area contributed by atoms with Crippen LogP contribution < -0.4 is 15.4 Å². The molecular formula is C23H25ClFN5OS. The zero-order valence-corrected chi connectivity index (χ0v) is 19.3. The van der Waals surface area contributed by atoms with Gasteiger partial charge in [-0.3, -0.25) is 0 Å². The van der Waals surface area contributed by atoms with E-state index in [2.05, 4.69) is 25.6 Å². The summed E-state index contributed by atoms with van der Waals surface area (Å²) in [6, 6.07) is 12.0. The molecule has 1 fully saturated rings. The van der Waals surface area contributed by atoms with E-state index >= 15 is 0 Å². The Labute approximate surface area is 196 Å². The number of hydrogen-bond acceptors (Lipinski definition) is 7. The topological polar surface area (TPSA) is 72.0 Å². The summed E-state index contributed by atoms with van der Waals surface area (Å²) >= 11 is 7.61. The van der Waals surface area contributed by atoms with Crippen LogP contribution in [0.3, 0.4) is 0 Å². The summed E-state index contributed by atoms with van der Waals surface area (Å²) in [6.45, 7) is 0. The second-order valence-electron chi connectivity index (χ2n) is 7.63. The van der Waals surface area contributed by atoms with Crippen molar-refractivity contribution in [1.82, 2.24) is 15.0 Å². The molecular weight excluding hydrogens is 449 g/mol. The van der Waals surface area contributed by atoms with Crippen LogP contribution >= 0.6 is 23.4 Å². The summed E-state index contributed by atoms with van der Waals surface area (Å²) in [5.41, 5.74) is 0.736. The number of anilines is 3. The number of nitrogens with zero attached hydrogens (tertiary/aromatic N) is 3. The number of benzene rings is 2. The SMILES string of the molecule is COc1ccc(Nc2nc(NC3CCCCCC3)nc(Sc3ccc(F)cc3)n2)cc1Cl. The van der Waals surface area contributed by atoms with Crippen LogP contribution in [-0.2, 0) is 0 Å². The number of ether oxygens (including phenoxy) is 1. The van der Waals surface area contributed by atoms with E-state index in [-0.39, 0.29) is 5.82 Å². The quantitative estimate of drug-likeness (QED) is 0.370. The largest absolute Gasteiger partial charge is 0.495 e. The smallest absolute Gasteiger partial charge is 0.233 e. The molecule has 6 nitrogen and oxygen atoms in total. The molecule has 1 aromatic heterocycles. The molecule has 32 heavy (non-hydrogen) atoms. The summed E-state index contributed by atoms with van der Waals surface area (Å²) in [4.78, 5) is 14.6. The molecule has 1 heterocycles. The van der Waals surface area contributed by atoms with Crippen LogP contribution in [0, 0.1) is 5.82 Å². The van der Waals surface area contributed by atoms with E-state index in [1.54, 1.807) is 31.4 Å². The van der Waals surface area contributed by atoms with Gasteiger partial charge in [0.2, 0.25) is 11.9 Å². The van der Waals surface area contributed by atoms with Crippen LogP contribution in [0.4, 0.5) is 22.0 Å². The predicted molar refractivity (Wildman–Crippen MR) is 127 cm³/mol. The zero-order chi connectivity index (χ0) is 22.3. The molecule has 2 N–H and O–H groups in total. The summed E-state index contributed by atoms with van der Waals surface area (Å²) in [5.74, 6) is 1.25. The number of hydrogen-bond donors (Lipinski definition) is 2. The molecule has 1 aliphatic carbocycles. The van der Waals surface area contributed by atoms with E-state index in [0.29, 0.717) is 33.9 Å². The maximum Gasteiger partial charge on any atom is 0.233 e. The van der Waals surface area contributed by atoms with Crippen LogP contribution in [0.2, 0.25) is 5.02 Å². The van der Waals surface area contributed by atoms with Crippen molar-refractivity contribution in [1.29, 1.82) is 0 Å². The Morgan fingerprint density at radius 2 is 1.69 bits per heavy atom. The normalized spacial score (nSPS) is 14.6. The molecule has 0 aliphatic heterocycles. The maximum atomic E-state index is 13.3. The Kier molecular flexibility index (Phi) is 7.65. The predicted octanol–water partition coefficient (Wildman–Crippen LogP) is 6.70. The summed E-state index contributed by atoms with van der Waals surface area (Å²) < 4.78 is 18.5. The Morgan fingerprint density at radius 3 is 2.38 bits per heavy atom. The number of nitrogens with one attached hydrogen (secondary N) is 2. The van der Waals surface area contributed by atoms with E-state index in [0.717, 1.165) is 23.4 Å². The molecule has 0 bridgehead atoms. The Balaban J connectivity index is 1.59. The molecule has 3 aromatic rings. The fourth-order valence-corrected chi connectivity index (χ4v) is 4.62. The molecule has 0 saturated heterocycles. The first kappa shape index (κ1) is 22.6. The summed E-state index contributed by atoms with van der Waals surface area (Å²) in [7, 11) is 1.57. The Bertz CT molecular complexity index is 1050. The van der Waals surface area contributed by atoms with E-state index in [1.165, 1.54) is 49.6 Å². The van der Waals surface area contributed by atoms with Crippen molar-refractivity contribution in [3.8, 4) is 5.75 Å². The summed E-state index contributed by atoms with van der Waals surface area (Å²) in [6.07, 6.45) is 7.15. The van der Waals surface area contributed by atoms with Crippen LogP contribution in [0.25, 0.3) is 0 Å². The number of aromatic nitrogens is 3. The van der Waals surface area contributed by atoms with Crippen LogP contribution in [0.15, 0.2) is 52.5 Å². The van der Waals surface area contributed by atoms with Gasteiger partial charge < -0.3 is 15.4 Å². The highest BCUT2D eigenvalue weighted by Gasteiger charge is 2.16. The number of halogens is 2. The van der Waals surface area contributed by atoms with Crippen molar-refractivity contribution in [2.24, 2.45) is 0 Å². The third kappa shape index (κ3) is 6.23. The standard InChI is InChI=1S/C23H25ClFN5OS/c1-31-20-13-10-17(14-19(20)24)27-22-28-21(26-16-6-4-2-3-5-7-16)29-23(30-22)32-18-11-8-15(25)9-12-18/h8-14,16H,2-7H2,1H3,(H2,26,27,28,29,30). The minimum Gasteiger partial charge on any atom is -0.495 e. The third-order valence-corrected chi connectivity index (χ3v) is 6.40. The average Bonchev–Trinajstić information content (AvgIpc) is 3.04. The lowest BCUT2D eigenvalue weighted by Crippen LogP contribution is -2.20. The first-order valence-electron chi connectivity index (χ1n) is 10.7. The van der Waals surface area contributed by atoms with Gasteiger partial charge in [0.05, 0.1) is 12.1 Å². The lowest BCUT2D eigenvalue weighted by molar-refractivity contribution is 0.415. The van der Waals surface area contributed by atoms with E-state index in [9.17, 15) is 4.39 Å². The highest BCUT2D eigenvalue weighted by molar-refractivity contribution is 7.99. The molecule has 0 amide bonds. The molecule has 0 atom stereocenters. The van der Waals surface area contributed by atoms with Crippen molar-refractivity contribution in [2.75, 3.05) is 17.7 Å². The monoisotopic (exact) mass is 473 g/mol. The van der Waals surface area contributed by atoms with Crippen molar-refractivity contribution in [3.05, 3.63) is 53.3 Å². The van der Waals surface area contributed by atoms with Crippen molar-refractivity contribution < 1.29 is 9.13 Å². The van der Waals surface area contributed by atoms with Crippen molar-refractivity contribution >= 4 is 40.9 Å². The van der Waals surface area contributed by atoms with Gasteiger partial charge in [0, 0.05) is 16.6 Å². The minimum absolute atomic E-state index is 0.278. The molecule has 9 heteroatoms. The Morgan fingerprint density at radius 1 is 0.969 bits per heavy atom. The highest BCUT2D eigenvalue weighted by atomic mass is 35.5. The first-order valence-corrected chi connectivity index (χ1v) is 11.8. The van der Waals surface area contributed by atoms with Gasteiger partial charge in [-0.25, -0.2) is 4.39 Å². The van der Waals surface area contributed by atoms with Crippen LogP contribution in [-0.4, -0.2) is 28.1 Å². The molecule has 2 aromatic carbocycles. The van der Waals surface area contributed by atoms with Gasteiger partial charge in [-0.2, -0.15) is 15.0 Å². The number of methoxy groups -OCH3 is 1. The zero-order valence-electron chi connectivity index (χ0n) is 17.8. The Hall–Kier alpha value is -2.58. The lowest BCUT2D eigenvalue weighted by atomic mass is 10.1. The molecule has 4 rings (SSSR count). The van der Waals surface area contributed by atoms with Gasteiger partial charge in [-0.15, -0.1) is 0 Å². The van der Waals surface area contributed by atoms with Crippen LogP contribution in [0.5, 0.6) is 5.75 Å². The van der Waals surface area contributed by atoms with Gasteiger partial charge >= 0.3 is 0 Å². The van der Waals surface area contributed by atoms with Crippen molar-refractivity contribution in [3.63, 3.8) is 0 Å². The molecule has 0 radical (unpaired) electrons. The minimum atomic E-state index is -0.278. The van der Waals surface area contributed by atoms with E-state index < -0.39 is 0 Å². The molecule has 1 aliphatic rings. The van der Waals surface area contributed by atoms with Crippen LogP contribution in [0.1, 0.15) is 38.5 Å². The van der Waals surface area contributed by atoms with E-state index in [1.807, 2.05) is 6.07 Å². The van der Waals surface area contributed by atoms with Gasteiger partial charge in [-0.1, -0.05) is 37.3 Å². The molecule has 0 spiro atoms. The highest BCUT2D eigenvalue weighted by Crippen LogP contribution is 2.30. The molecule has 168 valence electrons. The second-order valence-corrected chi connectivity index (χ2v) is 9.08. The van der Waals surface area contributed by atoms with Gasteiger partial charge in [0.25, 0.3) is 0 Å². The molecule has 1 saturated carbocycles.